The van der Waals surface area contributed by atoms with Crippen LogP contribution in [-0.4, -0.2) is 37.4 Å². The number of hydrogen-bond donors (Lipinski definition) is 2. The Morgan fingerprint density at radius 3 is 2.61 bits per heavy atom. The first kappa shape index (κ1) is 17.8. The molecule has 23 heavy (non-hydrogen) atoms. The monoisotopic (exact) mass is 321 g/mol. The molecule has 5 nitrogen and oxygen atoms in total. The minimum Gasteiger partial charge on any atom is -0.497 e. The Kier molecular flexibility index (Phi) is 7.36. The van der Waals surface area contributed by atoms with Crippen molar-refractivity contribution < 1.29 is 19.4 Å². The normalized spacial score (nSPS) is 16.8. The van der Waals surface area contributed by atoms with Gasteiger partial charge in [0.1, 0.15) is 5.75 Å². The third kappa shape index (κ3) is 6.20. The number of ether oxygens (including phenoxy) is 2. The number of benzene rings is 1. The van der Waals surface area contributed by atoms with Crippen molar-refractivity contribution in [1.82, 2.24) is 5.32 Å². The Morgan fingerprint density at radius 2 is 1.96 bits per heavy atom. The molecule has 1 aromatic rings. The molecule has 1 amide bonds. The maximum absolute atomic E-state index is 12.0. The summed E-state index contributed by atoms with van der Waals surface area (Å²) in [4.78, 5) is 12.0. The maximum Gasteiger partial charge on any atom is 0.223 e. The molecular formula is C18H27NO4. The second-order valence-corrected chi connectivity index (χ2v) is 6.10. The first-order valence-corrected chi connectivity index (χ1v) is 8.35. The molecule has 1 unspecified atom stereocenters. The molecule has 1 saturated carbocycles. The predicted molar refractivity (Wildman–Crippen MR) is 88.2 cm³/mol. The molecule has 0 spiro atoms. The Hall–Kier alpha value is -1.59. The van der Waals surface area contributed by atoms with Crippen LogP contribution < -0.4 is 10.1 Å². The summed E-state index contributed by atoms with van der Waals surface area (Å²) >= 11 is 0. The highest BCUT2D eigenvalue weighted by Crippen LogP contribution is 2.23. The molecule has 2 rings (SSSR count). The molecular weight excluding hydrogens is 294 g/mol. The SMILES string of the molecule is COc1ccc(COCC(O)CNC(=O)C2CCCCC2)cc1. The largest absolute Gasteiger partial charge is 0.497 e. The highest BCUT2D eigenvalue weighted by Gasteiger charge is 2.21. The molecule has 1 aliphatic rings. The first-order chi connectivity index (χ1) is 11.2. The minimum atomic E-state index is -0.680. The van der Waals surface area contributed by atoms with Gasteiger partial charge in [-0.3, -0.25) is 4.79 Å². The van der Waals surface area contributed by atoms with Gasteiger partial charge in [0.15, 0.2) is 0 Å². The summed E-state index contributed by atoms with van der Waals surface area (Å²) in [6.07, 6.45) is 4.75. The number of aliphatic hydroxyl groups excluding tert-OH is 1. The summed E-state index contributed by atoms with van der Waals surface area (Å²) in [7, 11) is 1.63. The summed E-state index contributed by atoms with van der Waals surface area (Å²) in [5.41, 5.74) is 1.02. The molecule has 0 aliphatic heterocycles. The highest BCUT2D eigenvalue weighted by atomic mass is 16.5. The topological polar surface area (TPSA) is 67.8 Å². The van der Waals surface area contributed by atoms with Gasteiger partial charge in [0.25, 0.3) is 0 Å². The van der Waals surface area contributed by atoms with Gasteiger partial charge in [0, 0.05) is 12.5 Å². The zero-order chi connectivity index (χ0) is 16.5. The fourth-order valence-electron chi connectivity index (χ4n) is 2.82. The van der Waals surface area contributed by atoms with E-state index in [1.807, 2.05) is 24.3 Å². The van der Waals surface area contributed by atoms with Crippen molar-refractivity contribution in [3.63, 3.8) is 0 Å². The molecule has 1 aromatic carbocycles. The van der Waals surface area contributed by atoms with Gasteiger partial charge in [-0.05, 0) is 30.5 Å². The number of nitrogens with one attached hydrogen (secondary N) is 1. The average Bonchev–Trinajstić information content (AvgIpc) is 2.61. The van der Waals surface area contributed by atoms with E-state index < -0.39 is 6.10 Å². The number of rotatable bonds is 8. The van der Waals surface area contributed by atoms with E-state index in [0.717, 1.165) is 37.0 Å². The molecule has 128 valence electrons. The summed E-state index contributed by atoms with van der Waals surface area (Å²) in [5, 5.41) is 12.7. The molecule has 1 aliphatic carbocycles. The molecule has 0 aromatic heterocycles. The molecule has 2 N–H and O–H groups in total. The van der Waals surface area contributed by atoms with Crippen LogP contribution in [0.25, 0.3) is 0 Å². The molecule has 0 radical (unpaired) electrons. The van der Waals surface area contributed by atoms with E-state index >= 15 is 0 Å². The molecule has 1 atom stereocenters. The van der Waals surface area contributed by atoms with E-state index in [1.54, 1.807) is 7.11 Å². The zero-order valence-corrected chi connectivity index (χ0v) is 13.8. The third-order valence-electron chi connectivity index (χ3n) is 4.23. The lowest BCUT2D eigenvalue weighted by atomic mass is 9.89. The summed E-state index contributed by atoms with van der Waals surface area (Å²) in [5.74, 6) is 0.995. The van der Waals surface area contributed by atoms with Crippen molar-refractivity contribution in [2.75, 3.05) is 20.3 Å². The van der Waals surface area contributed by atoms with Crippen molar-refractivity contribution in [3.05, 3.63) is 29.8 Å². The van der Waals surface area contributed by atoms with E-state index in [2.05, 4.69) is 5.32 Å². The van der Waals surface area contributed by atoms with Crippen molar-refractivity contribution in [1.29, 1.82) is 0 Å². The number of hydrogen-bond acceptors (Lipinski definition) is 4. The van der Waals surface area contributed by atoms with Crippen LogP contribution in [0.5, 0.6) is 5.75 Å². The number of aliphatic hydroxyl groups is 1. The van der Waals surface area contributed by atoms with E-state index in [1.165, 1.54) is 6.42 Å². The summed E-state index contributed by atoms with van der Waals surface area (Å²) < 4.78 is 10.6. The van der Waals surface area contributed by atoms with Gasteiger partial charge in [0.2, 0.25) is 5.91 Å². The Bertz CT molecular complexity index is 468. The van der Waals surface area contributed by atoms with Crippen molar-refractivity contribution in [2.24, 2.45) is 5.92 Å². The van der Waals surface area contributed by atoms with Crippen LogP contribution in [0, 0.1) is 5.92 Å². The number of carbonyl (C=O) groups is 1. The fourth-order valence-corrected chi connectivity index (χ4v) is 2.82. The van der Waals surface area contributed by atoms with Gasteiger partial charge in [-0.15, -0.1) is 0 Å². The number of carbonyl (C=O) groups excluding carboxylic acids is 1. The van der Waals surface area contributed by atoms with Gasteiger partial charge in [-0.25, -0.2) is 0 Å². The molecule has 0 heterocycles. The van der Waals surface area contributed by atoms with Crippen LogP contribution in [0.3, 0.4) is 0 Å². The maximum atomic E-state index is 12.0. The molecule has 0 bridgehead atoms. The van der Waals surface area contributed by atoms with E-state index in [0.29, 0.717) is 6.61 Å². The smallest absolute Gasteiger partial charge is 0.223 e. The second-order valence-electron chi connectivity index (χ2n) is 6.10. The summed E-state index contributed by atoms with van der Waals surface area (Å²) in [6, 6.07) is 7.60. The van der Waals surface area contributed by atoms with Gasteiger partial charge < -0.3 is 19.9 Å². The van der Waals surface area contributed by atoms with Crippen LogP contribution in [0.1, 0.15) is 37.7 Å². The number of amides is 1. The molecule has 0 saturated heterocycles. The van der Waals surface area contributed by atoms with E-state index in [4.69, 9.17) is 9.47 Å². The first-order valence-electron chi connectivity index (χ1n) is 8.35. The Morgan fingerprint density at radius 1 is 1.26 bits per heavy atom. The minimum absolute atomic E-state index is 0.0684. The zero-order valence-electron chi connectivity index (χ0n) is 13.8. The number of methoxy groups -OCH3 is 1. The van der Waals surface area contributed by atoms with Gasteiger partial charge in [-0.1, -0.05) is 31.4 Å². The molecule has 5 heteroatoms. The highest BCUT2D eigenvalue weighted by molar-refractivity contribution is 5.78. The van der Waals surface area contributed by atoms with Crippen LogP contribution >= 0.6 is 0 Å². The van der Waals surface area contributed by atoms with Gasteiger partial charge in [-0.2, -0.15) is 0 Å². The van der Waals surface area contributed by atoms with Crippen molar-refractivity contribution >= 4 is 5.91 Å². The lowest BCUT2D eigenvalue weighted by molar-refractivity contribution is -0.126. The second kappa shape index (κ2) is 9.53. The van der Waals surface area contributed by atoms with E-state index in [9.17, 15) is 9.90 Å². The third-order valence-corrected chi connectivity index (χ3v) is 4.23. The van der Waals surface area contributed by atoms with Crippen molar-refractivity contribution in [3.8, 4) is 5.75 Å². The van der Waals surface area contributed by atoms with Crippen LogP contribution in [0.15, 0.2) is 24.3 Å². The van der Waals surface area contributed by atoms with Crippen molar-refractivity contribution in [2.45, 2.75) is 44.8 Å². The average molecular weight is 321 g/mol. The van der Waals surface area contributed by atoms with Crippen LogP contribution in [0.4, 0.5) is 0 Å². The van der Waals surface area contributed by atoms with Crippen LogP contribution in [0.2, 0.25) is 0 Å². The van der Waals surface area contributed by atoms with E-state index in [-0.39, 0.29) is 25.0 Å². The summed E-state index contributed by atoms with van der Waals surface area (Å²) in [6.45, 7) is 0.881. The fraction of sp³-hybridized carbons (Fsp3) is 0.611. The van der Waals surface area contributed by atoms with Gasteiger partial charge >= 0.3 is 0 Å². The van der Waals surface area contributed by atoms with Gasteiger partial charge in [0.05, 0.1) is 26.4 Å². The Balaban J connectivity index is 1.60. The predicted octanol–water partition coefficient (Wildman–Crippen LogP) is 2.27. The lowest BCUT2D eigenvalue weighted by Gasteiger charge is -2.21. The molecule has 1 fully saturated rings. The van der Waals surface area contributed by atoms with Crippen LogP contribution in [-0.2, 0) is 16.1 Å². The lowest BCUT2D eigenvalue weighted by Crippen LogP contribution is -2.38. The Labute approximate surface area is 138 Å². The standard InChI is InChI=1S/C18H27NO4/c1-22-17-9-7-14(8-10-17)12-23-13-16(20)11-19-18(21)15-5-3-2-4-6-15/h7-10,15-16,20H,2-6,11-13H2,1H3,(H,19,21). The quantitative estimate of drug-likeness (QED) is 0.771.